The summed E-state index contributed by atoms with van der Waals surface area (Å²) in [6.45, 7) is 15.8. The largest absolute Gasteiger partial charge is 0.501 e. The van der Waals surface area contributed by atoms with Crippen molar-refractivity contribution in [3.8, 4) is 11.3 Å². The molecule has 0 bridgehead atoms. The number of hydrogen-bond acceptors (Lipinski definition) is 4. The normalized spacial score (nSPS) is 13.0. The highest BCUT2D eigenvalue weighted by Crippen LogP contribution is 2.25. The first-order valence-electron chi connectivity index (χ1n) is 11.1. The molecule has 0 spiro atoms. The summed E-state index contributed by atoms with van der Waals surface area (Å²) in [5.41, 5.74) is 2.20. The summed E-state index contributed by atoms with van der Waals surface area (Å²) in [5.74, 6) is 1.97. The van der Waals surface area contributed by atoms with E-state index in [1.54, 1.807) is 18.3 Å². The third-order valence-corrected chi connectivity index (χ3v) is 4.77. The SMILES string of the molecule is C/C=C\C/C(=C\CC)OC.C=C.Cc1ccoc1-c1ccc(Cl)cc1.O=CN1CCNCC1. The van der Waals surface area contributed by atoms with Gasteiger partial charge < -0.3 is 19.4 Å². The molecule has 1 fully saturated rings. The van der Waals surface area contributed by atoms with Crippen LogP contribution in [0.25, 0.3) is 11.3 Å². The van der Waals surface area contributed by atoms with Crippen molar-refractivity contribution in [1.29, 1.82) is 0 Å². The average molecular weight is 475 g/mol. The molecule has 2 heterocycles. The number of rotatable bonds is 6. The van der Waals surface area contributed by atoms with E-state index in [1.807, 2.05) is 50.3 Å². The molecule has 6 heteroatoms. The summed E-state index contributed by atoms with van der Waals surface area (Å²) in [7, 11) is 1.71. The first-order chi connectivity index (χ1) is 16.0. The van der Waals surface area contributed by atoms with E-state index in [2.05, 4.69) is 37.6 Å². The smallest absolute Gasteiger partial charge is 0.209 e. The number of allylic oxidation sites excluding steroid dienone is 3. The van der Waals surface area contributed by atoms with Crippen LogP contribution in [0.4, 0.5) is 0 Å². The number of furan rings is 1. The minimum atomic E-state index is 0.743. The highest BCUT2D eigenvalue weighted by Gasteiger charge is 2.04. The van der Waals surface area contributed by atoms with E-state index in [1.165, 1.54) is 0 Å². The molecule has 0 unspecified atom stereocenters. The molecule has 1 aromatic heterocycles. The van der Waals surface area contributed by atoms with Gasteiger partial charge in [-0.25, -0.2) is 0 Å². The molecule has 1 aromatic carbocycles. The number of carbonyl (C=O) groups is 1. The van der Waals surface area contributed by atoms with Crippen molar-refractivity contribution in [2.45, 2.75) is 33.6 Å². The van der Waals surface area contributed by atoms with Gasteiger partial charge in [0.25, 0.3) is 0 Å². The summed E-state index contributed by atoms with van der Waals surface area (Å²) in [5, 5.41) is 3.89. The van der Waals surface area contributed by atoms with Crippen molar-refractivity contribution >= 4 is 18.0 Å². The van der Waals surface area contributed by atoms with E-state index in [-0.39, 0.29) is 0 Å². The van der Waals surface area contributed by atoms with Crippen molar-refractivity contribution in [1.82, 2.24) is 10.2 Å². The topological polar surface area (TPSA) is 54.7 Å². The number of benzene rings is 1. The van der Waals surface area contributed by atoms with Crippen LogP contribution in [0.1, 0.15) is 32.3 Å². The fourth-order valence-electron chi connectivity index (χ4n) is 2.77. The molecule has 5 nitrogen and oxygen atoms in total. The van der Waals surface area contributed by atoms with E-state index >= 15 is 0 Å². The lowest BCUT2D eigenvalue weighted by Gasteiger charge is -2.22. The minimum Gasteiger partial charge on any atom is -0.501 e. The van der Waals surface area contributed by atoms with E-state index in [0.717, 1.165) is 73.1 Å². The molecule has 0 saturated carbocycles. The van der Waals surface area contributed by atoms with Gasteiger partial charge in [-0.05, 0) is 62.2 Å². The molecule has 0 radical (unpaired) electrons. The summed E-state index contributed by atoms with van der Waals surface area (Å²) in [6, 6.07) is 9.57. The number of nitrogens with one attached hydrogen (secondary N) is 1. The van der Waals surface area contributed by atoms with Crippen LogP contribution in [-0.4, -0.2) is 44.6 Å². The predicted octanol–water partition coefficient (Wildman–Crippen LogP) is 6.65. The number of ether oxygens (including phenoxy) is 1. The second-order valence-electron chi connectivity index (χ2n) is 6.89. The van der Waals surface area contributed by atoms with Crippen molar-refractivity contribution < 1.29 is 13.9 Å². The van der Waals surface area contributed by atoms with Crippen LogP contribution >= 0.6 is 11.6 Å². The molecule has 1 amide bonds. The lowest BCUT2D eigenvalue weighted by Crippen LogP contribution is -2.42. The van der Waals surface area contributed by atoms with E-state index in [4.69, 9.17) is 20.8 Å². The number of piperazine rings is 1. The molecule has 1 saturated heterocycles. The van der Waals surface area contributed by atoms with Crippen molar-refractivity contribution in [3.63, 3.8) is 0 Å². The number of nitrogens with zero attached hydrogens (tertiary/aromatic N) is 1. The van der Waals surface area contributed by atoms with E-state index in [9.17, 15) is 4.79 Å². The Labute approximate surface area is 204 Å². The van der Waals surface area contributed by atoms with Crippen molar-refractivity contribution in [2.24, 2.45) is 0 Å². The standard InChI is InChI=1S/C11H9ClO.C9H16O.C5H10N2O.C2H4/c1-8-6-7-13-11(8)9-2-4-10(12)5-3-9;1-4-6-8-9(10-3)7-5-2;8-5-7-3-1-6-2-4-7;1-2/h2-7H,1H3;4,6-7H,5,8H2,1-3H3;5-6H,1-4H2;1-2H2/b;6-4-,9-7+;;. The van der Waals surface area contributed by atoms with Gasteiger partial charge in [-0.15, -0.1) is 13.2 Å². The Kier molecular flexibility index (Phi) is 18.2. The quantitative estimate of drug-likeness (QED) is 0.289. The van der Waals surface area contributed by atoms with E-state index < -0.39 is 0 Å². The molecule has 1 aliphatic heterocycles. The molecular formula is C27H39ClN2O3. The molecule has 182 valence electrons. The van der Waals surface area contributed by atoms with Crippen LogP contribution < -0.4 is 5.32 Å². The fraction of sp³-hybridized carbons (Fsp3) is 0.370. The average Bonchev–Trinajstić information content (AvgIpc) is 3.30. The predicted molar refractivity (Wildman–Crippen MR) is 140 cm³/mol. The van der Waals surface area contributed by atoms with Gasteiger partial charge in [0.2, 0.25) is 6.41 Å². The number of hydrogen-bond donors (Lipinski definition) is 1. The highest BCUT2D eigenvalue weighted by atomic mass is 35.5. The summed E-state index contributed by atoms with van der Waals surface area (Å²) in [6.07, 6.45) is 10.8. The van der Waals surface area contributed by atoms with Crippen LogP contribution in [-0.2, 0) is 9.53 Å². The number of methoxy groups -OCH3 is 1. The monoisotopic (exact) mass is 474 g/mol. The summed E-state index contributed by atoms with van der Waals surface area (Å²) >= 11 is 5.78. The van der Waals surface area contributed by atoms with Crippen LogP contribution in [0.2, 0.25) is 5.02 Å². The van der Waals surface area contributed by atoms with Gasteiger partial charge in [0.05, 0.1) is 19.1 Å². The zero-order valence-electron chi connectivity index (χ0n) is 20.5. The van der Waals surface area contributed by atoms with Crippen LogP contribution in [0, 0.1) is 6.92 Å². The van der Waals surface area contributed by atoms with Gasteiger partial charge in [0.1, 0.15) is 5.76 Å². The molecular weight excluding hydrogens is 436 g/mol. The zero-order chi connectivity index (χ0) is 24.9. The number of aryl methyl sites for hydroxylation is 1. The van der Waals surface area contributed by atoms with Crippen LogP contribution in [0.15, 0.2) is 78.2 Å². The van der Waals surface area contributed by atoms with E-state index in [0.29, 0.717) is 0 Å². The third-order valence-electron chi connectivity index (χ3n) is 4.52. The van der Waals surface area contributed by atoms with Gasteiger partial charge in [-0.2, -0.15) is 0 Å². The Bertz CT molecular complexity index is 807. The number of amides is 1. The Balaban J connectivity index is 0.000000462. The fourth-order valence-corrected chi connectivity index (χ4v) is 2.89. The van der Waals surface area contributed by atoms with Gasteiger partial charge >= 0.3 is 0 Å². The molecule has 1 aliphatic rings. The summed E-state index contributed by atoms with van der Waals surface area (Å²) < 4.78 is 10.4. The molecule has 2 aromatic rings. The number of carbonyl (C=O) groups excluding carboxylic acids is 1. The maximum Gasteiger partial charge on any atom is 0.209 e. The molecule has 33 heavy (non-hydrogen) atoms. The van der Waals surface area contributed by atoms with Crippen LogP contribution in [0.5, 0.6) is 0 Å². The number of halogens is 1. The Morgan fingerprint density at radius 2 is 1.85 bits per heavy atom. The second-order valence-corrected chi connectivity index (χ2v) is 7.32. The van der Waals surface area contributed by atoms with Gasteiger partial charge in [-0.1, -0.05) is 30.7 Å². The first kappa shape index (κ1) is 30.2. The molecule has 0 aliphatic carbocycles. The Morgan fingerprint density at radius 1 is 1.21 bits per heavy atom. The third kappa shape index (κ3) is 13.4. The lowest BCUT2D eigenvalue weighted by atomic mass is 10.1. The molecule has 0 atom stereocenters. The van der Waals surface area contributed by atoms with Gasteiger partial charge in [-0.3, -0.25) is 4.79 Å². The second kappa shape index (κ2) is 19.9. The van der Waals surface area contributed by atoms with Crippen LogP contribution in [0.3, 0.4) is 0 Å². The van der Waals surface area contributed by atoms with Crippen molar-refractivity contribution in [3.05, 3.63) is 84.3 Å². The minimum absolute atomic E-state index is 0.743. The highest BCUT2D eigenvalue weighted by molar-refractivity contribution is 6.30. The maximum absolute atomic E-state index is 10.1. The molecule has 3 rings (SSSR count). The zero-order valence-corrected chi connectivity index (χ0v) is 21.2. The Hall–Kier alpha value is -2.76. The summed E-state index contributed by atoms with van der Waals surface area (Å²) in [4.78, 5) is 11.8. The Morgan fingerprint density at radius 3 is 2.27 bits per heavy atom. The maximum atomic E-state index is 10.1. The van der Waals surface area contributed by atoms with Gasteiger partial charge in [0, 0.05) is 43.2 Å². The first-order valence-corrected chi connectivity index (χ1v) is 11.5. The van der Waals surface area contributed by atoms with Crippen molar-refractivity contribution in [2.75, 3.05) is 33.3 Å². The van der Waals surface area contributed by atoms with Gasteiger partial charge in [0.15, 0.2) is 0 Å². The molecule has 1 N–H and O–H groups in total. The lowest BCUT2D eigenvalue weighted by molar-refractivity contribution is -0.118.